The third-order valence-corrected chi connectivity index (χ3v) is 4.19. The lowest BCUT2D eigenvalue weighted by Gasteiger charge is -2.15. The lowest BCUT2D eigenvalue weighted by Crippen LogP contribution is -2.13. The van der Waals surface area contributed by atoms with Crippen LogP contribution in [0.3, 0.4) is 0 Å². The van der Waals surface area contributed by atoms with Gasteiger partial charge in [-0.1, -0.05) is 42.1 Å². The third kappa shape index (κ3) is 4.82. The molecule has 0 amide bonds. The van der Waals surface area contributed by atoms with Gasteiger partial charge in [0.25, 0.3) is 0 Å². The molecule has 0 aliphatic carbocycles. The topological polar surface area (TPSA) is 84.6 Å². The van der Waals surface area contributed by atoms with Crippen LogP contribution >= 0.6 is 11.8 Å². The summed E-state index contributed by atoms with van der Waals surface area (Å²) in [6, 6.07) is 9.27. The van der Waals surface area contributed by atoms with Gasteiger partial charge in [0.2, 0.25) is 0 Å². The van der Waals surface area contributed by atoms with Crippen molar-refractivity contribution in [2.24, 2.45) is 0 Å². The quantitative estimate of drug-likeness (QED) is 0.564. The van der Waals surface area contributed by atoms with Crippen LogP contribution in [0, 0.1) is 0 Å². The molecule has 0 aliphatic rings. The minimum absolute atomic E-state index is 0.136. The van der Waals surface area contributed by atoms with Crippen molar-refractivity contribution < 1.29 is 19.7 Å². The number of ether oxygens (including phenoxy) is 1. The maximum absolute atomic E-state index is 11.5. The number of hydrogen-bond acceptors (Lipinski definition) is 6. The number of aliphatic hydroxyl groups excluding tert-OH is 2. The summed E-state index contributed by atoms with van der Waals surface area (Å²) in [6.45, 7) is 2.16. The zero-order valence-corrected chi connectivity index (χ0v) is 13.7. The minimum Gasteiger partial charge on any atom is -0.465 e. The van der Waals surface area contributed by atoms with E-state index in [9.17, 15) is 15.0 Å². The number of hydrogen-bond donors (Lipinski definition) is 2. The average Bonchev–Trinajstić information content (AvgIpc) is 2.96. The van der Waals surface area contributed by atoms with Crippen LogP contribution in [-0.2, 0) is 22.7 Å². The molecule has 2 rings (SSSR count). The number of nitrogens with zero attached hydrogens (tertiary/aromatic N) is 2. The highest BCUT2D eigenvalue weighted by Gasteiger charge is 2.16. The largest absolute Gasteiger partial charge is 0.465 e. The lowest BCUT2D eigenvalue weighted by molar-refractivity contribution is -0.139. The molecule has 0 radical (unpaired) electrons. The number of thioether (sulfide) groups is 1. The molecular weight excluding hydrogens is 316 g/mol. The Labute approximate surface area is 139 Å². The van der Waals surface area contributed by atoms with Gasteiger partial charge in [-0.15, -0.1) is 0 Å². The van der Waals surface area contributed by atoms with Crippen LogP contribution in [0.25, 0.3) is 0 Å². The fraction of sp³-hybridized carbons (Fsp3) is 0.375. The molecule has 124 valence electrons. The third-order valence-electron chi connectivity index (χ3n) is 3.23. The number of rotatable bonds is 8. The smallest absolute Gasteiger partial charge is 0.316 e. The second kappa shape index (κ2) is 8.71. The number of imidazole rings is 1. The summed E-state index contributed by atoms with van der Waals surface area (Å²) in [6.07, 6.45) is 0.822. The number of benzene rings is 1. The van der Waals surface area contributed by atoms with E-state index < -0.39 is 6.10 Å². The van der Waals surface area contributed by atoms with E-state index in [1.54, 1.807) is 17.7 Å². The number of carbonyl (C=O) groups is 1. The molecule has 2 N–H and O–H groups in total. The van der Waals surface area contributed by atoms with Crippen molar-refractivity contribution in [2.75, 3.05) is 12.4 Å². The number of esters is 1. The normalized spacial score (nSPS) is 12.1. The van der Waals surface area contributed by atoms with Crippen LogP contribution in [0.1, 0.15) is 24.3 Å². The molecule has 0 spiro atoms. The first-order valence-electron chi connectivity index (χ1n) is 7.32. The number of aliphatic hydroxyl groups is 2. The zero-order valence-electron chi connectivity index (χ0n) is 12.9. The molecular formula is C16H20N2O4S. The van der Waals surface area contributed by atoms with E-state index >= 15 is 0 Å². The van der Waals surface area contributed by atoms with Crippen LogP contribution in [0.15, 0.2) is 41.7 Å². The Morgan fingerprint density at radius 3 is 2.78 bits per heavy atom. The van der Waals surface area contributed by atoms with Gasteiger partial charge in [-0.2, -0.15) is 0 Å². The second-order valence-electron chi connectivity index (χ2n) is 4.82. The monoisotopic (exact) mass is 336 g/mol. The van der Waals surface area contributed by atoms with E-state index in [1.165, 1.54) is 11.8 Å². The molecule has 0 unspecified atom stereocenters. The summed E-state index contributed by atoms with van der Waals surface area (Å²) >= 11 is 1.22. The first-order chi connectivity index (χ1) is 11.2. The lowest BCUT2D eigenvalue weighted by atomic mass is 10.1. The molecule has 23 heavy (non-hydrogen) atoms. The van der Waals surface area contributed by atoms with Crippen molar-refractivity contribution in [1.29, 1.82) is 0 Å². The molecule has 0 bridgehead atoms. The van der Waals surface area contributed by atoms with Gasteiger partial charge in [-0.25, -0.2) is 4.98 Å². The molecule has 6 nitrogen and oxygen atoms in total. The van der Waals surface area contributed by atoms with Gasteiger partial charge in [-0.05, 0) is 12.5 Å². The fourth-order valence-corrected chi connectivity index (χ4v) is 2.91. The van der Waals surface area contributed by atoms with Gasteiger partial charge in [0, 0.05) is 0 Å². The van der Waals surface area contributed by atoms with Crippen molar-refractivity contribution in [3.63, 3.8) is 0 Å². The maximum atomic E-state index is 11.5. The molecule has 1 aromatic carbocycles. The molecule has 1 heterocycles. The van der Waals surface area contributed by atoms with E-state index in [1.807, 2.05) is 30.3 Å². The SMILES string of the molecule is CCOC(=O)CSc1ncc(CO)n1C[C@H](O)c1ccccc1. The van der Waals surface area contributed by atoms with Gasteiger partial charge in [-0.3, -0.25) is 4.79 Å². The highest BCUT2D eigenvalue weighted by atomic mass is 32.2. The molecule has 7 heteroatoms. The highest BCUT2D eigenvalue weighted by Crippen LogP contribution is 2.23. The summed E-state index contributed by atoms with van der Waals surface area (Å²) in [5, 5.41) is 20.4. The molecule has 0 saturated heterocycles. The van der Waals surface area contributed by atoms with E-state index in [-0.39, 0.29) is 24.9 Å². The van der Waals surface area contributed by atoms with Crippen molar-refractivity contribution in [3.05, 3.63) is 47.8 Å². The maximum Gasteiger partial charge on any atom is 0.316 e. The Kier molecular flexibility index (Phi) is 6.64. The Bertz CT molecular complexity index is 630. The first-order valence-corrected chi connectivity index (χ1v) is 8.31. The molecule has 2 aromatic rings. The van der Waals surface area contributed by atoms with Crippen LogP contribution in [-0.4, -0.2) is 38.1 Å². The van der Waals surface area contributed by atoms with Crippen LogP contribution in [0.5, 0.6) is 0 Å². The van der Waals surface area contributed by atoms with Crippen LogP contribution < -0.4 is 0 Å². The predicted molar refractivity (Wildman–Crippen MR) is 86.9 cm³/mol. The van der Waals surface area contributed by atoms with E-state index in [2.05, 4.69) is 4.98 Å². The summed E-state index contributed by atoms with van der Waals surface area (Å²) in [5.74, 6) is -0.182. The molecule has 1 atom stereocenters. The Morgan fingerprint density at radius 2 is 2.13 bits per heavy atom. The van der Waals surface area contributed by atoms with Gasteiger partial charge in [0.05, 0.1) is 43.5 Å². The Hall–Kier alpha value is -1.83. The number of carbonyl (C=O) groups excluding carboxylic acids is 1. The Morgan fingerprint density at radius 1 is 1.39 bits per heavy atom. The van der Waals surface area contributed by atoms with Crippen molar-refractivity contribution in [3.8, 4) is 0 Å². The van der Waals surface area contributed by atoms with Crippen LogP contribution in [0.2, 0.25) is 0 Å². The van der Waals surface area contributed by atoms with Gasteiger partial charge in [0.15, 0.2) is 5.16 Å². The standard InChI is InChI=1S/C16H20N2O4S/c1-2-22-15(21)11-23-16-17-8-13(10-19)18(16)9-14(20)12-6-4-3-5-7-12/h3-8,14,19-20H,2,9-11H2,1H3/t14-/m0/s1. The summed E-state index contributed by atoms with van der Waals surface area (Å²) in [7, 11) is 0. The van der Waals surface area contributed by atoms with E-state index in [0.717, 1.165) is 5.56 Å². The van der Waals surface area contributed by atoms with Gasteiger partial charge >= 0.3 is 5.97 Å². The fourth-order valence-electron chi connectivity index (χ4n) is 2.11. The van der Waals surface area contributed by atoms with Crippen molar-refractivity contribution >= 4 is 17.7 Å². The summed E-state index contributed by atoms with van der Waals surface area (Å²) < 4.78 is 6.62. The van der Waals surface area contributed by atoms with E-state index in [0.29, 0.717) is 17.5 Å². The van der Waals surface area contributed by atoms with Crippen molar-refractivity contribution in [1.82, 2.24) is 9.55 Å². The van der Waals surface area contributed by atoms with Crippen LogP contribution in [0.4, 0.5) is 0 Å². The summed E-state index contributed by atoms with van der Waals surface area (Å²) in [4.78, 5) is 15.7. The molecule has 0 aliphatic heterocycles. The summed E-state index contributed by atoms with van der Waals surface area (Å²) in [5.41, 5.74) is 1.37. The van der Waals surface area contributed by atoms with Gasteiger partial charge in [0.1, 0.15) is 0 Å². The highest BCUT2D eigenvalue weighted by molar-refractivity contribution is 7.99. The first kappa shape index (κ1) is 17.5. The van der Waals surface area contributed by atoms with Gasteiger partial charge < -0.3 is 19.5 Å². The second-order valence-corrected chi connectivity index (χ2v) is 5.76. The minimum atomic E-state index is -0.724. The zero-order chi connectivity index (χ0) is 16.7. The predicted octanol–water partition coefficient (Wildman–Crippen LogP) is 1.76. The van der Waals surface area contributed by atoms with E-state index in [4.69, 9.17) is 4.74 Å². The van der Waals surface area contributed by atoms with Crippen molar-refractivity contribution in [2.45, 2.75) is 31.3 Å². The molecule has 0 saturated carbocycles. The molecule has 1 aromatic heterocycles. The molecule has 0 fully saturated rings. The average molecular weight is 336 g/mol. The Balaban J connectivity index is 2.10. The number of aromatic nitrogens is 2.